The van der Waals surface area contributed by atoms with Gasteiger partial charge in [-0.05, 0) is 31.7 Å². The van der Waals surface area contributed by atoms with E-state index in [-0.39, 0.29) is 12.6 Å². The van der Waals surface area contributed by atoms with Gasteiger partial charge in [-0.1, -0.05) is 0 Å². The number of nitrogens with one attached hydrogen (secondary N) is 1. The third-order valence-corrected chi connectivity index (χ3v) is 4.94. The van der Waals surface area contributed by atoms with Gasteiger partial charge in [0, 0.05) is 56.7 Å². The maximum atomic E-state index is 13.3. The molecule has 1 aromatic carbocycles. The molecule has 2 N–H and O–H groups in total. The first-order chi connectivity index (χ1) is 12.2. The number of carbonyl (C=O) groups is 1. The second kappa shape index (κ2) is 7.22. The summed E-state index contributed by atoms with van der Waals surface area (Å²) in [5.41, 5.74) is 0.235. The Kier molecular flexibility index (Phi) is 5.17. The summed E-state index contributed by atoms with van der Waals surface area (Å²) in [7, 11) is 1.99. The lowest BCUT2D eigenvalue weighted by molar-refractivity contribution is -0.137. The van der Waals surface area contributed by atoms with E-state index in [1.807, 2.05) is 11.9 Å². The number of likely N-dealkylation sites (tertiary alicyclic amines) is 1. The summed E-state index contributed by atoms with van der Waals surface area (Å²) in [5.74, 6) is 0. The molecule has 6 nitrogen and oxygen atoms in total. The van der Waals surface area contributed by atoms with E-state index in [2.05, 4.69) is 10.2 Å². The molecule has 0 aliphatic carbocycles. The van der Waals surface area contributed by atoms with Crippen LogP contribution in [-0.4, -0.2) is 73.4 Å². The lowest BCUT2D eigenvalue weighted by atomic mass is 10.1. The monoisotopic (exact) mass is 372 g/mol. The summed E-state index contributed by atoms with van der Waals surface area (Å²) < 4.78 is 40.0. The van der Waals surface area contributed by atoms with Gasteiger partial charge < -0.3 is 25.1 Å². The van der Waals surface area contributed by atoms with Crippen LogP contribution in [0.25, 0.3) is 0 Å². The van der Waals surface area contributed by atoms with Crippen molar-refractivity contribution in [2.45, 2.75) is 18.6 Å². The predicted octanol–water partition coefficient (Wildman–Crippen LogP) is 2.62. The molecule has 2 aliphatic heterocycles. The average molecular weight is 372 g/mol. The van der Waals surface area contributed by atoms with Crippen LogP contribution in [0.4, 0.5) is 29.3 Å². The third-order valence-electron chi connectivity index (χ3n) is 4.94. The van der Waals surface area contributed by atoms with Crippen molar-refractivity contribution in [3.05, 3.63) is 23.8 Å². The number of nitrogens with zero attached hydrogens (tertiary/aromatic N) is 3. The molecule has 1 aromatic rings. The minimum atomic E-state index is -4.43. The fraction of sp³-hybridized carbons (Fsp3) is 0.588. The van der Waals surface area contributed by atoms with Gasteiger partial charge in [-0.25, -0.2) is 4.79 Å². The summed E-state index contributed by atoms with van der Waals surface area (Å²) in [5, 5.41) is 12.1. The Bertz CT molecular complexity index is 660. The average Bonchev–Trinajstić information content (AvgIpc) is 3.03. The molecule has 1 atom stereocenters. The molecule has 0 saturated carbocycles. The van der Waals surface area contributed by atoms with E-state index in [9.17, 15) is 18.0 Å². The molecule has 2 heterocycles. The number of amides is 1. The molecule has 2 saturated heterocycles. The molecule has 26 heavy (non-hydrogen) atoms. The van der Waals surface area contributed by atoms with Crippen LogP contribution >= 0.6 is 0 Å². The minimum absolute atomic E-state index is 0.185. The van der Waals surface area contributed by atoms with Gasteiger partial charge in [0.25, 0.3) is 0 Å². The van der Waals surface area contributed by atoms with Crippen molar-refractivity contribution in [1.29, 1.82) is 0 Å². The van der Waals surface area contributed by atoms with E-state index in [0.29, 0.717) is 37.4 Å². The fourth-order valence-electron chi connectivity index (χ4n) is 3.39. The standard InChI is InChI=1S/C17H23F3N4O2/c1-22-4-6-23(7-5-22)15-9-12(17(18,19)20)8-14(10-15)21-13-2-3-24(11-13)16(25)26/h8-10,13,21H,2-7,11H2,1H3,(H,25,26)/t13-/m0/s1. The Morgan fingerprint density at radius 2 is 1.85 bits per heavy atom. The van der Waals surface area contributed by atoms with Crippen molar-refractivity contribution in [2.75, 3.05) is 56.5 Å². The number of halogens is 3. The van der Waals surface area contributed by atoms with Gasteiger partial charge in [-0.2, -0.15) is 13.2 Å². The first-order valence-corrected chi connectivity index (χ1v) is 8.62. The molecule has 0 spiro atoms. The van der Waals surface area contributed by atoms with Gasteiger partial charge in [-0.3, -0.25) is 0 Å². The number of hydrogen-bond donors (Lipinski definition) is 2. The molecular weight excluding hydrogens is 349 g/mol. The lowest BCUT2D eigenvalue weighted by Gasteiger charge is -2.34. The van der Waals surface area contributed by atoms with Gasteiger partial charge >= 0.3 is 12.3 Å². The van der Waals surface area contributed by atoms with Crippen molar-refractivity contribution < 1.29 is 23.1 Å². The van der Waals surface area contributed by atoms with Gasteiger partial charge in [0.15, 0.2) is 0 Å². The molecule has 144 valence electrons. The van der Waals surface area contributed by atoms with Crippen molar-refractivity contribution in [3.8, 4) is 0 Å². The van der Waals surface area contributed by atoms with Crippen molar-refractivity contribution in [3.63, 3.8) is 0 Å². The molecule has 0 bridgehead atoms. The summed E-state index contributed by atoms with van der Waals surface area (Å²) in [6, 6.07) is 3.83. The summed E-state index contributed by atoms with van der Waals surface area (Å²) in [6.45, 7) is 3.61. The van der Waals surface area contributed by atoms with Gasteiger partial charge in [-0.15, -0.1) is 0 Å². The predicted molar refractivity (Wildman–Crippen MR) is 92.8 cm³/mol. The zero-order valence-corrected chi connectivity index (χ0v) is 14.6. The van der Waals surface area contributed by atoms with Crippen molar-refractivity contribution in [2.24, 2.45) is 0 Å². The normalized spacial score (nSPS) is 21.9. The summed E-state index contributed by atoms with van der Waals surface area (Å²) >= 11 is 0. The fourth-order valence-corrected chi connectivity index (χ4v) is 3.39. The second-order valence-electron chi connectivity index (χ2n) is 6.92. The highest BCUT2D eigenvalue weighted by atomic mass is 19.4. The number of alkyl halides is 3. The molecule has 2 aliphatic rings. The smallest absolute Gasteiger partial charge is 0.416 e. The van der Waals surface area contributed by atoms with Gasteiger partial charge in [0.05, 0.1) is 5.56 Å². The highest BCUT2D eigenvalue weighted by molar-refractivity contribution is 5.66. The Balaban J connectivity index is 1.80. The second-order valence-corrected chi connectivity index (χ2v) is 6.92. The van der Waals surface area contributed by atoms with Crippen LogP contribution < -0.4 is 10.2 Å². The number of anilines is 2. The van der Waals surface area contributed by atoms with Gasteiger partial charge in [0.2, 0.25) is 0 Å². The number of hydrogen-bond acceptors (Lipinski definition) is 4. The molecular formula is C17H23F3N4O2. The van der Waals surface area contributed by atoms with Crippen LogP contribution in [0.2, 0.25) is 0 Å². The number of carboxylic acid groups (broad SMARTS) is 1. The number of rotatable bonds is 3. The maximum Gasteiger partial charge on any atom is 0.416 e. The van der Waals surface area contributed by atoms with Crippen LogP contribution in [0.1, 0.15) is 12.0 Å². The SMILES string of the molecule is CN1CCN(c2cc(N[C@H]3CCN(C(=O)O)C3)cc(C(F)(F)F)c2)CC1. The van der Waals surface area contributed by atoms with E-state index >= 15 is 0 Å². The third kappa shape index (κ3) is 4.32. The Morgan fingerprint density at radius 1 is 1.15 bits per heavy atom. The molecule has 2 fully saturated rings. The summed E-state index contributed by atoms with van der Waals surface area (Å²) in [4.78, 5) is 16.4. The molecule has 3 rings (SSSR count). The van der Waals surface area contributed by atoms with Crippen LogP contribution in [0, 0.1) is 0 Å². The topological polar surface area (TPSA) is 59.0 Å². The quantitative estimate of drug-likeness (QED) is 0.854. The van der Waals surface area contributed by atoms with E-state index in [0.717, 1.165) is 19.2 Å². The van der Waals surface area contributed by atoms with Crippen molar-refractivity contribution >= 4 is 17.5 Å². The van der Waals surface area contributed by atoms with E-state index in [1.54, 1.807) is 6.07 Å². The lowest BCUT2D eigenvalue weighted by Crippen LogP contribution is -2.44. The Morgan fingerprint density at radius 3 is 2.42 bits per heavy atom. The first kappa shape index (κ1) is 18.6. The Labute approximate surface area is 150 Å². The minimum Gasteiger partial charge on any atom is -0.465 e. The number of piperazine rings is 1. The van der Waals surface area contributed by atoms with Gasteiger partial charge in [0.1, 0.15) is 0 Å². The van der Waals surface area contributed by atoms with Crippen LogP contribution in [0.5, 0.6) is 0 Å². The zero-order chi connectivity index (χ0) is 18.9. The maximum absolute atomic E-state index is 13.3. The van der Waals surface area contributed by atoms with Crippen LogP contribution in [0.15, 0.2) is 18.2 Å². The number of benzene rings is 1. The highest BCUT2D eigenvalue weighted by Crippen LogP contribution is 2.35. The largest absolute Gasteiger partial charge is 0.465 e. The highest BCUT2D eigenvalue weighted by Gasteiger charge is 2.33. The molecule has 9 heteroatoms. The van der Waals surface area contributed by atoms with E-state index < -0.39 is 17.8 Å². The zero-order valence-electron chi connectivity index (χ0n) is 14.6. The van der Waals surface area contributed by atoms with Crippen molar-refractivity contribution in [1.82, 2.24) is 9.80 Å². The number of likely N-dealkylation sites (N-methyl/N-ethyl adjacent to an activating group) is 1. The molecule has 1 amide bonds. The Hall–Kier alpha value is -2.16. The molecule has 0 unspecified atom stereocenters. The molecule has 0 radical (unpaired) electrons. The van der Waals surface area contributed by atoms with Crippen LogP contribution in [0.3, 0.4) is 0 Å². The van der Waals surface area contributed by atoms with Crippen LogP contribution in [-0.2, 0) is 6.18 Å². The summed E-state index contributed by atoms with van der Waals surface area (Å²) in [6.07, 6.45) is -4.86. The van der Waals surface area contributed by atoms with E-state index in [1.165, 1.54) is 11.0 Å². The first-order valence-electron chi connectivity index (χ1n) is 8.62. The molecule has 0 aromatic heterocycles. The van der Waals surface area contributed by atoms with E-state index in [4.69, 9.17) is 5.11 Å².